The molecule has 2 rings (SSSR count). The van der Waals surface area contributed by atoms with Gasteiger partial charge in [0.1, 0.15) is 0 Å². The maximum atomic E-state index is 12.1. The summed E-state index contributed by atoms with van der Waals surface area (Å²) in [5.41, 5.74) is 5.95. The number of likely N-dealkylation sites (tertiary alicyclic amines) is 1. The van der Waals surface area contributed by atoms with Crippen molar-refractivity contribution in [3.05, 3.63) is 0 Å². The van der Waals surface area contributed by atoms with Crippen molar-refractivity contribution < 1.29 is 4.79 Å². The van der Waals surface area contributed by atoms with E-state index in [1.54, 1.807) is 0 Å². The Morgan fingerprint density at radius 2 is 1.95 bits per heavy atom. The summed E-state index contributed by atoms with van der Waals surface area (Å²) in [5, 5.41) is 3.11. The van der Waals surface area contributed by atoms with E-state index in [1.165, 1.54) is 12.8 Å². The quantitative estimate of drug-likeness (QED) is 0.782. The van der Waals surface area contributed by atoms with Gasteiger partial charge in [-0.3, -0.25) is 4.79 Å². The van der Waals surface area contributed by atoms with Crippen LogP contribution in [0.15, 0.2) is 0 Å². The molecule has 2 aliphatic rings. The predicted molar refractivity (Wildman–Crippen MR) is 86.1 cm³/mol. The van der Waals surface area contributed by atoms with E-state index in [4.69, 9.17) is 5.73 Å². The van der Waals surface area contributed by atoms with E-state index in [0.29, 0.717) is 0 Å². The SMILES string of the molecule is CN(C)C1CCN(CCNC(=O)C2CCCC(N)C2)CC1. The van der Waals surface area contributed by atoms with Crippen LogP contribution in [0.1, 0.15) is 38.5 Å². The molecule has 1 aliphatic carbocycles. The topological polar surface area (TPSA) is 61.6 Å². The molecule has 5 heteroatoms. The Morgan fingerprint density at radius 1 is 1.24 bits per heavy atom. The van der Waals surface area contributed by atoms with Gasteiger partial charge in [-0.25, -0.2) is 0 Å². The molecule has 1 saturated carbocycles. The third-order valence-corrected chi connectivity index (χ3v) is 5.10. The molecule has 3 N–H and O–H groups in total. The smallest absolute Gasteiger partial charge is 0.223 e. The number of nitrogens with zero attached hydrogens (tertiary/aromatic N) is 2. The van der Waals surface area contributed by atoms with Gasteiger partial charge in [0.15, 0.2) is 0 Å². The van der Waals surface area contributed by atoms with Crippen molar-refractivity contribution in [3.8, 4) is 0 Å². The van der Waals surface area contributed by atoms with Crippen LogP contribution in [-0.2, 0) is 4.79 Å². The van der Waals surface area contributed by atoms with Crippen LogP contribution in [-0.4, -0.2) is 68.1 Å². The first-order valence-corrected chi connectivity index (χ1v) is 8.48. The van der Waals surface area contributed by atoms with Gasteiger partial charge in [-0.1, -0.05) is 6.42 Å². The van der Waals surface area contributed by atoms with E-state index in [2.05, 4.69) is 29.2 Å². The Morgan fingerprint density at radius 3 is 2.57 bits per heavy atom. The Balaban J connectivity index is 1.60. The number of nitrogens with two attached hydrogens (primary N) is 1. The number of piperidine rings is 1. The molecule has 1 saturated heterocycles. The molecule has 1 aliphatic heterocycles. The maximum Gasteiger partial charge on any atom is 0.223 e. The van der Waals surface area contributed by atoms with Crippen LogP contribution < -0.4 is 11.1 Å². The van der Waals surface area contributed by atoms with E-state index in [0.717, 1.165) is 57.9 Å². The van der Waals surface area contributed by atoms with Gasteiger partial charge in [0, 0.05) is 31.1 Å². The standard InChI is InChI=1S/C16H32N4O/c1-19(2)15-6-9-20(10-7-15)11-8-18-16(21)13-4-3-5-14(17)12-13/h13-15H,3-12,17H2,1-2H3,(H,18,21). The van der Waals surface area contributed by atoms with Gasteiger partial charge >= 0.3 is 0 Å². The number of carbonyl (C=O) groups is 1. The van der Waals surface area contributed by atoms with Crippen LogP contribution in [0.4, 0.5) is 0 Å². The third kappa shape index (κ3) is 5.24. The second-order valence-corrected chi connectivity index (χ2v) is 6.95. The van der Waals surface area contributed by atoms with Crippen LogP contribution in [0.2, 0.25) is 0 Å². The molecule has 2 fully saturated rings. The molecule has 0 aromatic heterocycles. The lowest BCUT2D eigenvalue weighted by molar-refractivity contribution is -0.126. The second-order valence-electron chi connectivity index (χ2n) is 6.95. The molecule has 21 heavy (non-hydrogen) atoms. The highest BCUT2D eigenvalue weighted by Gasteiger charge is 2.25. The Labute approximate surface area is 129 Å². The van der Waals surface area contributed by atoms with Crippen molar-refractivity contribution >= 4 is 5.91 Å². The monoisotopic (exact) mass is 296 g/mol. The highest BCUT2D eigenvalue weighted by atomic mass is 16.1. The Hall–Kier alpha value is -0.650. The molecule has 0 bridgehead atoms. The van der Waals surface area contributed by atoms with Gasteiger partial charge in [0.2, 0.25) is 5.91 Å². The van der Waals surface area contributed by atoms with Gasteiger partial charge in [-0.2, -0.15) is 0 Å². The highest BCUT2D eigenvalue weighted by molar-refractivity contribution is 5.78. The van der Waals surface area contributed by atoms with E-state index in [1.807, 2.05) is 0 Å². The van der Waals surface area contributed by atoms with Gasteiger partial charge in [-0.05, 0) is 59.3 Å². The summed E-state index contributed by atoms with van der Waals surface area (Å²) in [6.45, 7) is 4.04. The first-order chi connectivity index (χ1) is 10.1. The van der Waals surface area contributed by atoms with Crippen LogP contribution in [0.3, 0.4) is 0 Å². The third-order valence-electron chi connectivity index (χ3n) is 5.10. The maximum absolute atomic E-state index is 12.1. The molecule has 2 unspecified atom stereocenters. The molecule has 0 aromatic rings. The minimum atomic E-state index is 0.147. The fraction of sp³-hybridized carbons (Fsp3) is 0.938. The number of hydrogen-bond donors (Lipinski definition) is 2. The average Bonchev–Trinajstić information content (AvgIpc) is 2.47. The fourth-order valence-electron chi connectivity index (χ4n) is 3.61. The number of rotatable bonds is 5. The minimum Gasteiger partial charge on any atom is -0.355 e. The normalized spacial score (nSPS) is 28.8. The minimum absolute atomic E-state index is 0.147. The highest BCUT2D eigenvalue weighted by Crippen LogP contribution is 2.23. The summed E-state index contributed by atoms with van der Waals surface area (Å²) in [6, 6.07) is 0.944. The Kier molecular flexibility index (Phi) is 6.45. The predicted octanol–water partition coefficient (Wildman–Crippen LogP) is 0.646. The van der Waals surface area contributed by atoms with Gasteiger partial charge in [0.25, 0.3) is 0 Å². The van der Waals surface area contributed by atoms with Crippen LogP contribution in [0.5, 0.6) is 0 Å². The van der Waals surface area contributed by atoms with Crippen molar-refractivity contribution in [2.75, 3.05) is 40.3 Å². The van der Waals surface area contributed by atoms with E-state index >= 15 is 0 Å². The molecule has 1 amide bonds. The molecular formula is C16H32N4O. The van der Waals surface area contributed by atoms with Crippen molar-refractivity contribution in [1.29, 1.82) is 0 Å². The van der Waals surface area contributed by atoms with Crippen molar-refractivity contribution in [1.82, 2.24) is 15.1 Å². The largest absolute Gasteiger partial charge is 0.355 e. The van der Waals surface area contributed by atoms with Gasteiger partial charge in [0.05, 0.1) is 0 Å². The molecule has 5 nitrogen and oxygen atoms in total. The lowest BCUT2D eigenvalue weighted by Gasteiger charge is -2.35. The molecule has 2 atom stereocenters. The number of amides is 1. The summed E-state index contributed by atoms with van der Waals surface area (Å²) in [4.78, 5) is 16.9. The summed E-state index contributed by atoms with van der Waals surface area (Å²) in [5.74, 6) is 0.363. The number of hydrogen-bond acceptors (Lipinski definition) is 4. The molecule has 0 spiro atoms. The van der Waals surface area contributed by atoms with Gasteiger partial charge in [-0.15, -0.1) is 0 Å². The van der Waals surface area contributed by atoms with E-state index in [-0.39, 0.29) is 17.9 Å². The van der Waals surface area contributed by atoms with E-state index < -0.39 is 0 Å². The zero-order valence-electron chi connectivity index (χ0n) is 13.7. The molecular weight excluding hydrogens is 264 g/mol. The van der Waals surface area contributed by atoms with Crippen LogP contribution in [0.25, 0.3) is 0 Å². The average molecular weight is 296 g/mol. The number of nitrogens with one attached hydrogen (secondary N) is 1. The van der Waals surface area contributed by atoms with Crippen LogP contribution >= 0.6 is 0 Å². The lowest BCUT2D eigenvalue weighted by atomic mass is 9.85. The van der Waals surface area contributed by atoms with Gasteiger partial charge < -0.3 is 20.9 Å². The summed E-state index contributed by atoms with van der Waals surface area (Å²) in [7, 11) is 4.32. The first kappa shape index (κ1) is 16.7. The summed E-state index contributed by atoms with van der Waals surface area (Å²) in [6.07, 6.45) is 6.51. The van der Waals surface area contributed by atoms with Crippen molar-refractivity contribution in [3.63, 3.8) is 0 Å². The van der Waals surface area contributed by atoms with Crippen molar-refractivity contribution in [2.24, 2.45) is 11.7 Å². The Bertz CT molecular complexity index is 326. The molecule has 1 heterocycles. The lowest BCUT2D eigenvalue weighted by Crippen LogP contribution is -2.45. The van der Waals surface area contributed by atoms with Crippen molar-refractivity contribution in [2.45, 2.75) is 50.6 Å². The summed E-state index contributed by atoms with van der Waals surface area (Å²) < 4.78 is 0. The molecule has 0 aromatic carbocycles. The molecule has 0 radical (unpaired) electrons. The summed E-state index contributed by atoms with van der Waals surface area (Å²) >= 11 is 0. The van der Waals surface area contributed by atoms with Crippen LogP contribution in [0, 0.1) is 5.92 Å². The first-order valence-electron chi connectivity index (χ1n) is 8.48. The molecule has 122 valence electrons. The zero-order valence-corrected chi connectivity index (χ0v) is 13.7. The second kappa shape index (κ2) is 8.11. The van der Waals surface area contributed by atoms with E-state index in [9.17, 15) is 4.79 Å². The number of carbonyl (C=O) groups excluding carboxylic acids is 1. The fourth-order valence-corrected chi connectivity index (χ4v) is 3.61. The zero-order chi connectivity index (χ0) is 15.2.